The number of aliphatic hydroxyl groups is 1. The van der Waals surface area contributed by atoms with Crippen LogP contribution in [0, 0.1) is 11.8 Å². The summed E-state index contributed by atoms with van der Waals surface area (Å²) in [4.78, 5) is 17.1. The summed E-state index contributed by atoms with van der Waals surface area (Å²) in [6.07, 6.45) is 2.92. The van der Waals surface area contributed by atoms with E-state index >= 15 is 0 Å². The zero-order chi connectivity index (χ0) is 13.7. The average Bonchev–Trinajstić information content (AvgIpc) is 2.82. The first-order valence-electron chi connectivity index (χ1n) is 5.30. The van der Waals surface area contributed by atoms with Crippen LogP contribution in [0.15, 0.2) is 18.5 Å². The fourth-order valence-corrected chi connectivity index (χ4v) is 1.33. The van der Waals surface area contributed by atoms with Gasteiger partial charge in [-0.25, -0.2) is 0 Å². The Morgan fingerprint density at radius 1 is 1.58 bits per heavy atom. The normalized spacial score (nSPS) is 9.58. The zero-order valence-electron chi connectivity index (χ0n) is 10.0. The monoisotopic (exact) mass is 258 g/mol. The average molecular weight is 258 g/mol. The van der Waals surface area contributed by atoms with E-state index < -0.39 is 5.91 Å². The standard InChI is InChI=1S/C11H10N6O2/c1-17-15-11(14-16-17)13-10(19)9-4-5-12-7-8(9)3-2-6-18/h4-5,7,18H,6H2,1H3,(H,13,15,19). The van der Waals surface area contributed by atoms with Gasteiger partial charge < -0.3 is 5.11 Å². The van der Waals surface area contributed by atoms with Crippen LogP contribution >= 0.6 is 0 Å². The first-order chi connectivity index (χ1) is 9.20. The number of amides is 1. The van der Waals surface area contributed by atoms with E-state index in [1.54, 1.807) is 7.05 Å². The van der Waals surface area contributed by atoms with Crippen LogP contribution in [-0.4, -0.2) is 42.8 Å². The molecule has 96 valence electrons. The van der Waals surface area contributed by atoms with Crippen molar-refractivity contribution in [3.05, 3.63) is 29.6 Å². The summed E-state index contributed by atoms with van der Waals surface area (Å²) in [6, 6.07) is 1.52. The lowest BCUT2D eigenvalue weighted by Crippen LogP contribution is -2.15. The van der Waals surface area contributed by atoms with Gasteiger partial charge >= 0.3 is 0 Å². The van der Waals surface area contributed by atoms with Crippen LogP contribution in [0.5, 0.6) is 0 Å². The molecule has 0 aliphatic heterocycles. The van der Waals surface area contributed by atoms with Gasteiger partial charge in [0.2, 0.25) is 0 Å². The predicted octanol–water partition coefficient (Wildman–Crippen LogP) is -0.799. The fourth-order valence-electron chi connectivity index (χ4n) is 1.33. The summed E-state index contributed by atoms with van der Waals surface area (Å²) >= 11 is 0. The molecule has 2 heterocycles. The van der Waals surface area contributed by atoms with Crippen LogP contribution in [-0.2, 0) is 7.05 Å². The molecule has 0 atom stereocenters. The number of carbonyl (C=O) groups is 1. The highest BCUT2D eigenvalue weighted by Crippen LogP contribution is 2.07. The minimum Gasteiger partial charge on any atom is -0.384 e. The lowest BCUT2D eigenvalue weighted by atomic mass is 10.1. The third-order valence-electron chi connectivity index (χ3n) is 2.10. The van der Waals surface area contributed by atoms with Crippen molar-refractivity contribution in [1.82, 2.24) is 25.2 Å². The van der Waals surface area contributed by atoms with Crippen molar-refractivity contribution < 1.29 is 9.90 Å². The summed E-state index contributed by atoms with van der Waals surface area (Å²) in [7, 11) is 1.59. The van der Waals surface area contributed by atoms with E-state index in [9.17, 15) is 4.79 Å². The number of carbonyl (C=O) groups excluding carboxylic acids is 1. The third-order valence-corrected chi connectivity index (χ3v) is 2.10. The molecule has 2 rings (SSSR count). The zero-order valence-corrected chi connectivity index (χ0v) is 10.0. The summed E-state index contributed by atoms with van der Waals surface area (Å²) in [5.74, 6) is 4.80. The Kier molecular flexibility index (Phi) is 3.80. The second-order valence-corrected chi connectivity index (χ2v) is 3.44. The molecule has 0 aromatic carbocycles. The molecule has 0 spiro atoms. The molecule has 0 saturated heterocycles. The molecule has 8 nitrogen and oxygen atoms in total. The van der Waals surface area contributed by atoms with Gasteiger partial charge in [0.1, 0.15) is 6.61 Å². The molecule has 2 N–H and O–H groups in total. The highest BCUT2D eigenvalue weighted by atomic mass is 16.2. The Hall–Kier alpha value is -2.79. The number of hydrogen-bond acceptors (Lipinski definition) is 6. The van der Waals surface area contributed by atoms with E-state index in [4.69, 9.17) is 5.11 Å². The van der Waals surface area contributed by atoms with Crippen LogP contribution in [0.1, 0.15) is 15.9 Å². The Labute approximate surface area is 108 Å². The Morgan fingerprint density at radius 2 is 2.42 bits per heavy atom. The SMILES string of the molecule is Cn1nnc(NC(=O)c2ccncc2C#CCO)n1. The first kappa shape index (κ1) is 12.7. The summed E-state index contributed by atoms with van der Waals surface area (Å²) < 4.78 is 0. The van der Waals surface area contributed by atoms with Gasteiger partial charge in [-0.2, -0.15) is 4.80 Å². The van der Waals surface area contributed by atoms with E-state index in [0.717, 1.165) is 0 Å². The van der Waals surface area contributed by atoms with Crippen LogP contribution in [0.3, 0.4) is 0 Å². The van der Waals surface area contributed by atoms with Gasteiger partial charge in [-0.3, -0.25) is 15.1 Å². The second-order valence-electron chi connectivity index (χ2n) is 3.44. The minimum absolute atomic E-state index is 0.102. The van der Waals surface area contributed by atoms with Crippen LogP contribution in [0.4, 0.5) is 5.95 Å². The molecule has 0 fully saturated rings. The van der Waals surface area contributed by atoms with Crippen molar-refractivity contribution in [1.29, 1.82) is 0 Å². The molecular formula is C11H10N6O2. The summed E-state index contributed by atoms with van der Waals surface area (Å²) in [5.41, 5.74) is 0.737. The maximum atomic E-state index is 12.0. The van der Waals surface area contributed by atoms with E-state index in [1.165, 1.54) is 23.3 Å². The predicted molar refractivity (Wildman–Crippen MR) is 65.0 cm³/mol. The molecule has 2 aromatic rings. The molecule has 0 aliphatic carbocycles. The van der Waals surface area contributed by atoms with Gasteiger partial charge in [0.15, 0.2) is 0 Å². The number of aryl methyl sites for hydroxylation is 1. The fraction of sp³-hybridized carbons (Fsp3) is 0.182. The molecule has 8 heteroatoms. The number of aromatic nitrogens is 5. The Bertz CT molecular complexity index is 654. The maximum Gasteiger partial charge on any atom is 0.270 e. The molecule has 1 amide bonds. The molecule has 0 aliphatic rings. The topological polar surface area (TPSA) is 106 Å². The van der Waals surface area contributed by atoms with Crippen LogP contribution in [0.25, 0.3) is 0 Å². The Morgan fingerprint density at radius 3 is 3.11 bits per heavy atom. The highest BCUT2D eigenvalue weighted by molar-refractivity contribution is 6.04. The number of anilines is 1. The quantitative estimate of drug-likeness (QED) is 0.683. The maximum absolute atomic E-state index is 12.0. The van der Waals surface area contributed by atoms with Crippen molar-refractivity contribution >= 4 is 11.9 Å². The first-order valence-corrected chi connectivity index (χ1v) is 5.30. The number of hydrogen-bond donors (Lipinski definition) is 2. The van der Waals surface area contributed by atoms with E-state index in [-0.39, 0.29) is 12.6 Å². The molecular weight excluding hydrogens is 248 g/mol. The van der Waals surface area contributed by atoms with Crippen molar-refractivity contribution in [3.63, 3.8) is 0 Å². The molecule has 0 radical (unpaired) electrons. The van der Waals surface area contributed by atoms with Gasteiger partial charge in [-0.05, 0) is 11.3 Å². The van der Waals surface area contributed by atoms with E-state index in [0.29, 0.717) is 11.1 Å². The second kappa shape index (κ2) is 5.70. The van der Waals surface area contributed by atoms with Gasteiger partial charge in [0.05, 0.1) is 18.2 Å². The molecule has 0 unspecified atom stereocenters. The van der Waals surface area contributed by atoms with Gasteiger partial charge in [0.25, 0.3) is 11.9 Å². The molecule has 2 aromatic heterocycles. The number of nitrogens with zero attached hydrogens (tertiary/aromatic N) is 5. The molecule has 0 saturated carbocycles. The lowest BCUT2D eigenvalue weighted by molar-refractivity contribution is 0.102. The number of tetrazole rings is 1. The minimum atomic E-state index is -0.419. The number of aliphatic hydroxyl groups excluding tert-OH is 1. The molecule has 19 heavy (non-hydrogen) atoms. The van der Waals surface area contributed by atoms with E-state index in [1.807, 2.05) is 0 Å². The van der Waals surface area contributed by atoms with Gasteiger partial charge in [0, 0.05) is 12.4 Å². The molecule has 0 bridgehead atoms. The van der Waals surface area contributed by atoms with E-state index in [2.05, 4.69) is 37.6 Å². The van der Waals surface area contributed by atoms with Gasteiger partial charge in [-0.1, -0.05) is 16.9 Å². The van der Waals surface area contributed by atoms with Crippen LogP contribution in [0.2, 0.25) is 0 Å². The highest BCUT2D eigenvalue weighted by Gasteiger charge is 2.12. The van der Waals surface area contributed by atoms with Crippen LogP contribution < -0.4 is 5.32 Å². The van der Waals surface area contributed by atoms with Crippen molar-refractivity contribution in [3.8, 4) is 11.8 Å². The number of nitrogens with one attached hydrogen (secondary N) is 1. The smallest absolute Gasteiger partial charge is 0.270 e. The van der Waals surface area contributed by atoms with Crippen molar-refractivity contribution in [2.24, 2.45) is 7.05 Å². The number of pyridine rings is 1. The largest absolute Gasteiger partial charge is 0.384 e. The van der Waals surface area contributed by atoms with Crippen molar-refractivity contribution in [2.75, 3.05) is 11.9 Å². The lowest BCUT2D eigenvalue weighted by Gasteiger charge is -2.02. The van der Waals surface area contributed by atoms with Gasteiger partial charge in [-0.15, -0.1) is 5.10 Å². The summed E-state index contributed by atoms with van der Waals surface area (Å²) in [5, 5.41) is 22.3. The third kappa shape index (κ3) is 3.11. The Balaban J connectivity index is 2.23. The number of rotatable bonds is 2. The summed E-state index contributed by atoms with van der Waals surface area (Å²) in [6.45, 7) is -0.290. The van der Waals surface area contributed by atoms with Crippen molar-refractivity contribution in [2.45, 2.75) is 0 Å².